The number of hydrogen-bond acceptors (Lipinski definition) is 0. The van der Waals surface area contributed by atoms with Crippen molar-refractivity contribution in [1.82, 2.24) is 0 Å². The van der Waals surface area contributed by atoms with Crippen LogP contribution in [-0.2, 0) is 0 Å². The van der Waals surface area contributed by atoms with E-state index in [1.165, 1.54) is 0 Å². The van der Waals surface area contributed by atoms with Crippen LogP contribution in [-0.4, -0.2) is 6.18 Å². The maximum absolute atomic E-state index is 11.1. The predicted molar refractivity (Wildman–Crippen MR) is 21.1 cm³/mol. The van der Waals surface area contributed by atoms with Gasteiger partial charge in [-0.2, -0.15) is 17.6 Å². The van der Waals surface area contributed by atoms with Gasteiger partial charge in [0.1, 0.15) is 0 Å². The Labute approximate surface area is 47.7 Å². The van der Waals surface area contributed by atoms with E-state index in [0.29, 0.717) is 0 Å². The second kappa shape index (κ2) is 2.35. The van der Waals surface area contributed by atoms with E-state index in [-0.39, 0.29) is 0 Å². The summed E-state index contributed by atoms with van der Waals surface area (Å²) >= 11 is 4.24. The first kappa shape index (κ1) is 7.75. The Bertz CT molecular complexity index is 98.3. The van der Waals surface area contributed by atoms with Crippen molar-refractivity contribution in [2.45, 2.75) is 6.18 Å². The molecule has 8 heavy (non-hydrogen) atoms. The molecule has 0 aromatic carbocycles. The molecule has 0 aromatic rings. The van der Waals surface area contributed by atoms with Gasteiger partial charge in [-0.25, -0.2) is 0 Å². The molecule has 0 aromatic heterocycles. The van der Waals surface area contributed by atoms with Gasteiger partial charge in [-0.3, -0.25) is 0 Å². The van der Waals surface area contributed by atoms with Crippen molar-refractivity contribution in [1.29, 1.82) is 0 Å². The van der Waals surface area contributed by atoms with Gasteiger partial charge in [0.25, 0.3) is 0 Å². The molecule has 0 aliphatic rings. The second-order valence-corrected chi connectivity index (χ2v) is 1.34. The van der Waals surface area contributed by atoms with Crippen molar-refractivity contribution in [3.8, 4) is 0 Å². The van der Waals surface area contributed by atoms with Crippen LogP contribution in [0.1, 0.15) is 0 Å². The lowest BCUT2D eigenvalue weighted by Crippen LogP contribution is -2.00. The van der Waals surface area contributed by atoms with Crippen LogP contribution in [0.2, 0.25) is 0 Å². The molecule has 0 saturated carbocycles. The summed E-state index contributed by atoms with van der Waals surface area (Å²) in [4.78, 5) is 0. The minimum Gasteiger partial charge on any atom is -0.194 e. The molecule has 0 atom stereocenters. The molecule has 0 radical (unpaired) electrons. The normalized spacial score (nSPS) is 14.4. The van der Waals surface area contributed by atoms with Gasteiger partial charge >= 0.3 is 6.18 Å². The van der Waals surface area contributed by atoms with Crippen LogP contribution in [0.15, 0.2) is 11.4 Å². The zero-order valence-electron chi connectivity index (χ0n) is 3.47. The van der Waals surface area contributed by atoms with E-state index in [9.17, 15) is 17.6 Å². The predicted octanol–water partition coefficient (Wildman–Crippen LogP) is 2.60. The largest absolute Gasteiger partial charge is 0.413 e. The van der Waals surface area contributed by atoms with Crippen LogP contribution in [0, 0.1) is 0 Å². The highest BCUT2D eigenvalue weighted by Crippen LogP contribution is 2.20. The minimum absolute atomic E-state index is 0.630. The number of alkyl halides is 3. The van der Waals surface area contributed by atoms with Gasteiger partial charge in [0.05, 0.1) is 6.08 Å². The third-order valence-corrected chi connectivity index (χ3v) is 0.382. The van der Waals surface area contributed by atoms with Gasteiger partial charge < -0.3 is 0 Å². The molecule has 48 valence electrons. The Kier molecular flexibility index (Phi) is 2.27. The molecule has 5 heteroatoms. The number of hydrogen-bond donors (Lipinski definition) is 0. The van der Waals surface area contributed by atoms with Gasteiger partial charge in [0.15, 0.2) is 5.29 Å². The first-order valence-electron chi connectivity index (χ1n) is 1.52. The van der Waals surface area contributed by atoms with E-state index < -0.39 is 17.5 Å². The zero-order chi connectivity index (χ0) is 6.78. The van der Waals surface area contributed by atoms with E-state index in [2.05, 4.69) is 11.6 Å². The molecular formula is C3HClF4. The van der Waals surface area contributed by atoms with Crippen LogP contribution in [0.4, 0.5) is 17.6 Å². The van der Waals surface area contributed by atoms with Crippen LogP contribution >= 0.6 is 11.6 Å². The molecule has 0 heterocycles. The SMILES string of the molecule is F/C(Cl)=C/C(F)(F)F. The van der Waals surface area contributed by atoms with Crippen LogP contribution < -0.4 is 0 Å². The first-order chi connectivity index (χ1) is 3.42. The summed E-state index contributed by atoms with van der Waals surface area (Å²) < 4.78 is 43.8. The average Bonchev–Trinajstić information content (AvgIpc) is 1.21. The maximum Gasteiger partial charge on any atom is 0.413 e. The Morgan fingerprint density at radius 3 is 1.75 bits per heavy atom. The summed E-state index contributed by atoms with van der Waals surface area (Å²) in [5, 5.41) is -1.75. The van der Waals surface area contributed by atoms with E-state index >= 15 is 0 Å². The van der Waals surface area contributed by atoms with Crippen LogP contribution in [0.3, 0.4) is 0 Å². The minimum atomic E-state index is -4.65. The van der Waals surface area contributed by atoms with E-state index in [4.69, 9.17) is 0 Å². The maximum atomic E-state index is 11.1. The quantitative estimate of drug-likeness (QED) is 0.463. The van der Waals surface area contributed by atoms with Crippen LogP contribution in [0.25, 0.3) is 0 Å². The molecular weight excluding hydrogens is 147 g/mol. The van der Waals surface area contributed by atoms with Gasteiger partial charge in [0.2, 0.25) is 0 Å². The summed E-state index contributed by atoms with van der Waals surface area (Å²) in [5.41, 5.74) is 0. The first-order valence-corrected chi connectivity index (χ1v) is 1.90. The highest BCUT2D eigenvalue weighted by molar-refractivity contribution is 6.28. The van der Waals surface area contributed by atoms with Crippen molar-refractivity contribution in [2.75, 3.05) is 0 Å². The van der Waals surface area contributed by atoms with Crippen molar-refractivity contribution in [3.63, 3.8) is 0 Å². The summed E-state index contributed by atoms with van der Waals surface area (Å²) in [6, 6.07) is 0. The number of allylic oxidation sites excluding steroid dienone is 1. The number of halogens is 5. The Morgan fingerprint density at radius 2 is 1.75 bits per heavy atom. The van der Waals surface area contributed by atoms with Crippen molar-refractivity contribution < 1.29 is 17.6 Å². The molecule has 0 saturated heterocycles. The van der Waals surface area contributed by atoms with Gasteiger partial charge in [0, 0.05) is 0 Å². The molecule has 0 unspecified atom stereocenters. The lowest BCUT2D eigenvalue weighted by atomic mass is 10.6. The average molecular weight is 148 g/mol. The van der Waals surface area contributed by atoms with Gasteiger partial charge in [-0.1, -0.05) is 11.6 Å². The molecule has 0 rings (SSSR count). The Hall–Kier alpha value is -0.250. The van der Waals surface area contributed by atoms with Gasteiger partial charge in [-0.05, 0) is 0 Å². The van der Waals surface area contributed by atoms with Crippen LogP contribution in [0.5, 0.6) is 0 Å². The summed E-state index contributed by atoms with van der Waals surface area (Å²) in [6.07, 6.45) is -5.28. The molecule has 0 amide bonds. The number of rotatable bonds is 0. The van der Waals surface area contributed by atoms with Crippen molar-refractivity contribution in [2.24, 2.45) is 0 Å². The molecule has 0 aliphatic heterocycles. The molecule has 0 nitrogen and oxygen atoms in total. The molecule has 0 bridgehead atoms. The highest BCUT2D eigenvalue weighted by Gasteiger charge is 2.24. The molecule has 0 spiro atoms. The topological polar surface area (TPSA) is 0 Å². The van der Waals surface area contributed by atoms with Crippen molar-refractivity contribution >= 4 is 11.6 Å². The van der Waals surface area contributed by atoms with E-state index in [1.807, 2.05) is 0 Å². The van der Waals surface area contributed by atoms with E-state index in [0.717, 1.165) is 0 Å². The second-order valence-electron chi connectivity index (χ2n) is 0.976. The lowest BCUT2D eigenvalue weighted by Gasteiger charge is -1.94. The Morgan fingerprint density at radius 1 is 1.38 bits per heavy atom. The smallest absolute Gasteiger partial charge is 0.194 e. The fourth-order valence-electron chi connectivity index (χ4n) is 0.124. The standard InChI is InChI=1S/C3HClF4/c4-2(5)1-3(6,7)8/h1H/b2-1+. The molecule has 0 aliphatic carbocycles. The monoisotopic (exact) mass is 148 g/mol. The third-order valence-electron chi connectivity index (χ3n) is 0.273. The summed E-state index contributed by atoms with van der Waals surface area (Å²) in [7, 11) is 0. The fourth-order valence-corrected chi connectivity index (χ4v) is 0.247. The summed E-state index contributed by atoms with van der Waals surface area (Å²) in [5.74, 6) is 0. The summed E-state index contributed by atoms with van der Waals surface area (Å²) in [6.45, 7) is 0. The molecule has 0 fully saturated rings. The van der Waals surface area contributed by atoms with Gasteiger partial charge in [-0.15, -0.1) is 0 Å². The Balaban J connectivity index is 3.89. The fraction of sp³-hybridized carbons (Fsp3) is 0.333. The highest BCUT2D eigenvalue weighted by atomic mass is 35.5. The van der Waals surface area contributed by atoms with E-state index in [1.54, 1.807) is 0 Å². The molecule has 0 N–H and O–H groups in total. The third kappa shape index (κ3) is 5.75. The zero-order valence-corrected chi connectivity index (χ0v) is 4.22. The van der Waals surface area contributed by atoms with Crippen molar-refractivity contribution in [3.05, 3.63) is 11.4 Å². The lowest BCUT2D eigenvalue weighted by molar-refractivity contribution is -0.0808.